The van der Waals surface area contributed by atoms with Crippen molar-refractivity contribution >= 4 is 33.2 Å². The van der Waals surface area contributed by atoms with Crippen LogP contribution < -0.4 is 25.4 Å². The van der Waals surface area contributed by atoms with Gasteiger partial charge in [0.25, 0.3) is 0 Å². The number of fused-ring (bicyclic) bond motifs is 4. The average Bonchev–Trinajstić information content (AvgIpc) is 3.49. The number of anilines is 2. The summed E-state index contributed by atoms with van der Waals surface area (Å²) in [6.07, 6.45) is 7.01. The van der Waals surface area contributed by atoms with E-state index in [0.29, 0.717) is 71.6 Å². The minimum atomic E-state index is -0.909. The highest BCUT2D eigenvalue weighted by atomic mass is 19.1. The first-order valence-corrected chi connectivity index (χ1v) is 15.0. The Bertz CT molecular complexity index is 1880. The molecule has 4 aromatic rings. The van der Waals surface area contributed by atoms with Crippen molar-refractivity contribution in [3.8, 4) is 35.2 Å². The summed E-state index contributed by atoms with van der Waals surface area (Å²) in [5.41, 5.74) is 6.68. The summed E-state index contributed by atoms with van der Waals surface area (Å²) in [6, 6.07) is 7.68. The molecule has 8 nitrogen and oxygen atoms in total. The highest BCUT2D eigenvalue weighted by Gasteiger charge is 2.49. The van der Waals surface area contributed by atoms with E-state index in [9.17, 15) is 8.78 Å². The Morgan fingerprint density at radius 2 is 2.05 bits per heavy atom. The van der Waals surface area contributed by atoms with Gasteiger partial charge in [0.05, 0.1) is 22.5 Å². The lowest BCUT2D eigenvalue weighted by molar-refractivity contribution is 0.107. The monoisotopic (exact) mass is 600 g/mol. The van der Waals surface area contributed by atoms with Crippen LogP contribution >= 0.6 is 0 Å². The fourth-order valence-electron chi connectivity index (χ4n) is 7.63. The molecule has 0 aliphatic carbocycles. The number of nitrogens with two attached hydrogens (primary N) is 1. The molecule has 0 saturated carbocycles. The number of terminal acetylenes is 1. The summed E-state index contributed by atoms with van der Waals surface area (Å²) in [5, 5.41) is 4.78. The van der Waals surface area contributed by atoms with Gasteiger partial charge in [-0.05, 0) is 54.6 Å². The summed E-state index contributed by atoms with van der Waals surface area (Å²) in [6.45, 7) is 3.77. The molecule has 0 bridgehead atoms. The number of ether oxygens (including phenoxy) is 2. The van der Waals surface area contributed by atoms with Crippen LogP contribution in [0, 0.1) is 24.0 Å². The molecule has 0 amide bonds. The number of hydrogen-bond donors (Lipinski definition) is 2. The smallest absolute Gasteiger partial charge is 0.319 e. The van der Waals surface area contributed by atoms with Gasteiger partial charge in [0.1, 0.15) is 42.3 Å². The van der Waals surface area contributed by atoms with Gasteiger partial charge in [-0.3, -0.25) is 4.90 Å². The number of aromatic nitrogens is 2. The first kappa shape index (κ1) is 27.3. The minimum absolute atomic E-state index is 0.0153. The molecule has 5 heterocycles. The second kappa shape index (κ2) is 10.1. The number of nitrogens with zero attached hydrogens (tertiary/aromatic N) is 4. The van der Waals surface area contributed by atoms with Crippen LogP contribution in [0.25, 0.3) is 32.8 Å². The van der Waals surface area contributed by atoms with Gasteiger partial charge in [0, 0.05) is 49.2 Å². The summed E-state index contributed by atoms with van der Waals surface area (Å²) < 4.78 is 58.9. The highest BCUT2D eigenvalue weighted by Crippen LogP contribution is 2.45. The van der Waals surface area contributed by atoms with Crippen molar-refractivity contribution in [3.63, 3.8) is 0 Å². The zero-order valence-corrected chi connectivity index (χ0v) is 24.0. The van der Waals surface area contributed by atoms with E-state index in [1.807, 2.05) is 0 Å². The molecule has 3 aromatic carbocycles. The third kappa shape index (κ3) is 4.15. The molecule has 4 aliphatic rings. The zero-order chi connectivity index (χ0) is 30.2. The minimum Gasteiger partial charge on any atom is -0.491 e. The number of rotatable bonds is 4. The Hall–Kier alpha value is -4.27. The molecule has 3 saturated heterocycles. The maximum atomic E-state index is 16.9. The van der Waals surface area contributed by atoms with Crippen molar-refractivity contribution in [2.24, 2.45) is 0 Å². The quantitative estimate of drug-likeness (QED) is 0.263. The van der Waals surface area contributed by atoms with Crippen molar-refractivity contribution in [1.82, 2.24) is 20.2 Å². The van der Waals surface area contributed by atoms with Crippen LogP contribution in [0.2, 0.25) is 0 Å². The highest BCUT2D eigenvalue weighted by molar-refractivity contribution is 6.06. The predicted molar refractivity (Wildman–Crippen MR) is 163 cm³/mol. The topological polar surface area (TPSA) is 88.8 Å². The second-order valence-electron chi connectivity index (χ2n) is 12.2. The Morgan fingerprint density at radius 1 is 1.16 bits per heavy atom. The van der Waals surface area contributed by atoms with E-state index < -0.39 is 23.3 Å². The van der Waals surface area contributed by atoms with Crippen molar-refractivity contribution in [1.29, 1.82) is 0 Å². The van der Waals surface area contributed by atoms with Crippen LogP contribution in [-0.4, -0.2) is 78.6 Å². The van der Waals surface area contributed by atoms with Gasteiger partial charge in [-0.2, -0.15) is 9.97 Å². The van der Waals surface area contributed by atoms with Gasteiger partial charge in [0.15, 0.2) is 5.82 Å². The van der Waals surface area contributed by atoms with Gasteiger partial charge in [-0.1, -0.05) is 12.0 Å². The number of alkyl halides is 1. The van der Waals surface area contributed by atoms with E-state index >= 15 is 4.39 Å². The molecule has 3 fully saturated rings. The first-order chi connectivity index (χ1) is 21.3. The van der Waals surface area contributed by atoms with Gasteiger partial charge < -0.3 is 25.4 Å². The average molecular weight is 601 g/mol. The van der Waals surface area contributed by atoms with E-state index in [1.165, 1.54) is 6.07 Å². The normalized spacial score (nSPS) is 24.5. The van der Waals surface area contributed by atoms with Crippen molar-refractivity contribution in [2.75, 3.05) is 56.6 Å². The van der Waals surface area contributed by atoms with Gasteiger partial charge >= 0.3 is 6.01 Å². The Morgan fingerprint density at radius 3 is 2.91 bits per heavy atom. The van der Waals surface area contributed by atoms with Crippen molar-refractivity contribution < 1.29 is 22.6 Å². The standard InChI is InChI=1S/C33H31F3N6O2/c1-2-22-25(35)5-4-18-10-20(37)11-23(27(18)22)24-12-26-28-30(29(24)36)39-32(40-31(28)42-9-7-38-14-21(42)16-43-26)44-17-33-6-3-8-41(33)15-19(34)13-33/h1,4-5,10-12,19,21,38H,3,6-9,13-17,37H2/t19-,21+,33+/m1/s1. The van der Waals surface area contributed by atoms with Crippen LogP contribution in [0.1, 0.15) is 24.8 Å². The molecule has 0 spiro atoms. The van der Waals surface area contributed by atoms with E-state index in [-0.39, 0.29) is 35.3 Å². The largest absolute Gasteiger partial charge is 0.491 e. The van der Waals surface area contributed by atoms with E-state index in [2.05, 4.69) is 26.0 Å². The zero-order valence-electron chi connectivity index (χ0n) is 24.0. The van der Waals surface area contributed by atoms with E-state index in [4.69, 9.17) is 26.6 Å². The number of hydrogen-bond acceptors (Lipinski definition) is 8. The van der Waals surface area contributed by atoms with Crippen molar-refractivity contribution in [2.45, 2.75) is 37.0 Å². The predicted octanol–water partition coefficient (Wildman–Crippen LogP) is 4.42. The molecule has 3 N–H and O–H groups in total. The maximum Gasteiger partial charge on any atom is 0.319 e. The number of halogens is 3. The molecule has 11 heteroatoms. The lowest BCUT2D eigenvalue weighted by Crippen LogP contribution is -2.53. The van der Waals surface area contributed by atoms with Gasteiger partial charge in [0.2, 0.25) is 0 Å². The third-order valence-electron chi connectivity index (χ3n) is 9.64. The molecule has 0 radical (unpaired) electrons. The van der Waals surface area contributed by atoms with Crippen LogP contribution in [0.4, 0.5) is 24.7 Å². The summed E-state index contributed by atoms with van der Waals surface area (Å²) in [7, 11) is 0. The van der Waals surface area contributed by atoms with Crippen LogP contribution in [0.5, 0.6) is 11.8 Å². The summed E-state index contributed by atoms with van der Waals surface area (Å²) in [4.78, 5) is 13.7. The molecule has 0 unspecified atom stereocenters. The molecule has 44 heavy (non-hydrogen) atoms. The molecular weight excluding hydrogens is 569 g/mol. The fraction of sp³-hybridized carbons (Fsp3) is 0.394. The van der Waals surface area contributed by atoms with Crippen LogP contribution in [-0.2, 0) is 0 Å². The number of benzene rings is 3. The molecular formula is C33H31F3N6O2. The van der Waals surface area contributed by atoms with Gasteiger partial charge in [-0.15, -0.1) is 6.42 Å². The Kier molecular flexibility index (Phi) is 6.29. The third-order valence-corrected chi connectivity index (χ3v) is 9.64. The van der Waals surface area contributed by atoms with Crippen LogP contribution in [0.15, 0.2) is 30.3 Å². The van der Waals surface area contributed by atoms with Crippen molar-refractivity contribution in [3.05, 3.63) is 47.5 Å². The van der Waals surface area contributed by atoms with E-state index in [1.54, 1.807) is 24.3 Å². The molecule has 8 rings (SSSR count). The molecule has 4 aliphatic heterocycles. The molecule has 1 aromatic heterocycles. The number of nitrogens with one attached hydrogen (secondary N) is 1. The molecule has 3 atom stereocenters. The fourth-order valence-corrected chi connectivity index (χ4v) is 7.63. The van der Waals surface area contributed by atoms with Crippen LogP contribution in [0.3, 0.4) is 0 Å². The first-order valence-electron chi connectivity index (χ1n) is 15.0. The lowest BCUT2D eigenvalue weighted by Gasteiger charge is -2.35. The Labute approximate surface area is 252 Å². The Balaban J connectivity index is 1.33. The lowest BCUT2D eigenvalue weighted by atomic mass is 9.92. The summed E-state index contributed by atoms with van der Waals surface area (Å²) >= 11 is 0. The van der Waals surface area contributed by atoms with Gasteiger partial charge in [-0.25, -0.2) is 13.2 Å². The SMILES string of the molecule is C#Cc1c(F)ccc2cc(N)cc(-c3cc4c5c(nc(OC[C@@]67CCCN6C[C@H](F)C7)nc5c3F)N3CCNC[C@H]3CO4)c12. The molecule has 226 valence electrons. The number of nitrogen functional groups attached to an aromatic ring is 1. The summed E-state index contributed by atoms with van der Waals surface area (Å²) in [5.74, 6) is 2.12. The maximum absolute atomic E-state index is 16.9. The van der Waals surface area contributed by atoms with E-state index in [0.717, 1.165) is 25.9 Å². The number of piperazine rings is 1. The second-order valence-corrected chi connectivity index (χ2v) is 12.2.